The van der Waals surface area contributed by atoms with E-state index in [2.05, 4.69) is 4.98 Å². The Morgan fingerprint density at radius 3 is 2.45 bits per heavy atom. The number of para-hydroxylation sites is 1. The summed E-state index contributed by atoms with van der Waals surface area (Å²) >= 11 is 0. The van der Waals surface area contributed by atoms with Gasteiger partial charge in [-0.15, -0.1) is 0 Å². The number of aliphatic carboxylic acids is 2. The summed E-state index contributed by atoms with van der Waals surface area (Å²) in [5, 5.41) is 19.3. The lowest BCUT2D eigenvalue weighted by Gasteiger charge is -2.30. The first-order chi connectivity index (χ1) is 10.4. The molecule has 6 heteroatoms. The number of hydrogen-bond acceptors (Lipinski definition) is 4. The van der Waals surface area contributed by atoms with Crippen LogP contribution < -0.4 is 4.90 Å². The predicted octanol–water partition coefficient (Wildman–Crippen LogP) is 2.23. The lowest BCUT2D eigenvalue weighted by molar-refractivity contribution is -0.142. The molecule has 1 heterocycles. The first-order valence-corrected chi connectivity index (χ1v) is 6.97. The molecule has 2 N–H and O–H groups in total. The number of aromatic nitrogens is 1. The molecule has 6 nitrogen and oxygen atoms in total. The third kappa shape index (κ3) is 3.16. The quantitative estimate of drug-likeness (QED) is 0.850. The molecule has 2 atom stereocenters. The number of nitrogens with zero attached hydrogens (tertiary/aromatic N) is 2. The SMILES string of the molecule is CC(CN(c1cccc2cccnc12)C(C)C(=O)O)C(=O)O. The van der Waals surface area contributed by atoms with Crippen LogP contribution in [0.3, 0.4) is 0 Å². The maximum absolute atomic E-state index is 11.4. The van der Waals surface area contributed by atoms with Crippen LogP contribution in [0.1, 0.15) is 13.8 Å². The molecular weight excluding hydrogens is 284 g/mol. The van der Waals surface area contributed by atoms with Crippen molar-refractivity contribution >= 4 is 28.5 Å². The summed E-state index contributed by atoms with van der Waals surface area (Å²) in [5.74, 6) is -2.66. The lowest BCUT2D eigenvalue weighted by atomic mass is 10.1. The minimum Gasteiger partial charge on any atom is -0.481 e. The Labute approximate surface area is 128 Å². The van der Waals surface area contributed by atoms with E-state index in [-0.39, 0.29) is 6.54 Å². The number of carbonyl (C=O) groups is 2. The van der Waals surface area contributed by atoms with Gasteiger partial charge in [-0.3, -0.25) is 9.78 Å². The molecule has 2 rings (SSSR count). The molecule has 0 saturated heterocycles. The van der Waals surface area contributed by atoms with Crippen LogP contribution in [0.25, 0.3) is 10.9 Å². The van der Waals surface area contributed by atoms with Gasteiger partial charge in [-0.2, -0.15) is 0 Å². The van der Waals surface area contributed by atoms with E-state index in [0.29, 0.717) is 11.2 Å². The fourth-order valence-electron chi connectivity index (χ4n) is 2.29. The first-order valence-electron chi connectivity index (χ1n) is 6.97. The van der Waals surface area contributed by atoms with Gasteiger partial charge in [-0.1, -0.05) is 25.1 Å². The molecule has 0 spiro atoms. The highest BCUT2D eigenvalue weighted by atomic mass is 16.4. The second-order valence-corrected chi connectivity index (χ2v) is 5.26. The fraction of sp³-hybridized carbons (Fsp3) is 0.312. The topological polar surface area (TPSA) is 90.7 Å². The Bertz CT molecular complexity index is 696. The Morgan fingerprint density at radius 2 is 1.82 bits per heavy atom. The van der Waals surface area contributed by atoms with Gasteiger partial charge in [0.1, 0.15) is 6.04 Å². The molecule has 0 aliphatic heterocycles. The number of pyridine rings is 1. The maximum Gasteiger partial charge on any atom is 0.326 e. The molecule has 2 unspecified atom stereocenters. The van der Waals surface area contributed by atoms with E-state index in [1.807, 2.05) is 18.2 Å². The molecule has 0 aliphatic rings. The van der Waals surface area contributed by atoms with E-state index >= 15 is 0 Å². The number of fused-ring (bicyclic) bond motifs is 1. The summed E-state index contributed by atoms with van der Waals surface area (Å²) in [6, 6.07) is 8.30. The van der Waals surface area contributed by atoms with Crippen molar-refractivity contribution in [2.24, 2.45) is 5.92 Å². The third-order valence-corrected chi connectivity index (χ3v) is 3.64. The van der Waals surface area contributed by atoms with Crippen molar-refractivity contribution in [3.05, 3.63) is 36.5 Å². The van der Waals surface area contributed by atoms with Crippen LogP contribution >= 0.6 is 0 Å². The summed E-state index contributed by atoms with van der Waals surface area (Å²) in [6.07, 6.45) is 1.63. The molecule has 0 radical (unpaired) electrons. The van der Waals surface area contributed by atoms with Crippen LogP contribution in [0.2, 0.25) is 0 Å². The second kappa shape index (κ2) is 6.43. The van der Waals surface area contributed by atoms with Gasteiger partial charge in [0.2, 0.25) is 0 Å². The lowest BCUT2D eigenvalue weighted by Crippen LogP contribution is -2.43. The Morgan fingerprint density at radius 1 is 1.14 bits per heavy atom. The molecule has 0 amide bonds. The van der Waals surface area contributed by atoms with Gasteiger partial charge in [0.05, 0.1) is 17.1 Å². The smallest absolute Gasteiger partial charge is 0.326 e. The summed E-state index contributed by atoms with van der Waals surface area (Å²) in [7, 11) is 0. The van der Waals surface area contributed by atoms with E-state index in [4.69, 9.17) is 5.11 Å². The van der Waals surface area contributed by atoms with Crippen LogP contribution in [0.5, 0.6) is 0 Å². The molecule has 0 bridgehead atoms. The standard InChI is InChI=1S/C16H18N2O4/c1-10(15(19)20)9-18(11(2)16(21)22)13-7-3-5-12-6-4-8-17-14(12)13/h3-8,10-11H,9H2,1-2H3,(H,19,20)(H,21,22). The number of hydrogen-bond donors (Lipinski definition) is 2. The minimum absolute atomic E-state index is 0.0957. The highest BCUT2D eigenvalue weighted by Gasteiger charge is 2.26. The number of carboxylic acid groups (broad SMARTS) is 2. The first kappa shape index (κ1) is 15.8. The molecule has 0 fully saturated rings. The molecule has 22 heavy (non-hydrogen) atoms. The summed E-state index contributed by atoms with van der Waals surface area (Å²) in [5.41, 5.74) is 1.29. The van der Waals surface area contributed by atoms with E-state index in [1.54, 1.807) is 37.1 Å². The Kier molecular flexibility index (Phi) is 4.60. The average Bonchev–Trinajstić information content (AvgIpc) is 2.51. The van der Waals surface area contributed by atoms with Crippen molar-refractivity contribution in [3.63, 3.8) is 0 Å². The molecule has 0 saturated carbocycles. The summed E-state index contributed by atoms with van der Waals surface area (Å²) in [4.78, 5) is 28.4. The monoisotopic (exact) mass is 302 g/mol. The van der Waals surface area contributed by atoms with Crippen LogP contribution in [0, 0.1) is 5.92 Å². The highest BCUT2D eigenvalue weighted by molar-refractivity contribution is 5.93. The second-order valence-electron chi connectivity index (χ2n) is 5.26. The van der Waals surface area contributed by atoms with Crippen LogP contribution in [-0.2, 0) is 9.59 Å². The van der Waals surface area contributed by atoms with Gasteiger partial charge < -0.3 is 15.1 Å². The van der Waals surface area contributed by atoms with Crippen molar-refractivity contribution in [2.75, 3.05) is 11.4 Å². The number of benzene rings is 1. The third-order valence-electron chi connectivity index (χ3n) is 3.64. The van der Waals surface area contributed by atoms with E-state index in [0.717, 1.165) is 5.39 Å². The van der Waals surface area contributed by atoms with E-state index < -0.39 is 23.9 Å². The predicted molar refractivity (Wildman–Crippen MR) is 83.0 cm³/mol. The number of rotatable bonds is 6. The average molecular weight is 302 g/mol. The molecule has 1 aromatic carbocycles. The van der Waals surface area contributed by atoms with E-state index in [1.165, 1.54) is 0 Å². The van der Waals surface area contributed by atoms with Crippen molar-refractivity contribution in [1.82, 2.24) is 4.98 Å². The minimum atomic E-state index is -1.01. The van der Waals surface area contributed by atoms with Crippen molar-refractivity contribution in [2.45, 2.75) is 19.9 Å². The maximum atomic E-state index is 11.4. The zero-order valence-electron chi connectivity index (χ0n) is 12.4. The molecule has 1 aromatic heterocycles. The highest BCUT2D eigenvalue weighted by Crippen LogP contribution is 2.27. The fourth-order valence-corrected chi connectivity index (χ4v) is 2.29. The number of carboxylic acids is 2. The van der Waals surface area contributed by atoms with Crippen LogP contribution in [0.15, 0.2) is 36.5 Å². The van der Waals surface area contributed by atoms with Gasteiger partial charge in [-0.05, 0) is 19.1 Å². The summed E-state index contributed by atoms with van der Waals surface area (Å²) in [6.45, 7) is 3.19. The van der Waals surface area contributed by atoms with E-state index in [9.17, 15) is 14.7 Å². The van der Waals surface area contributed by atoms with Crippen LogP contribution in [-0.4, -0.2) is 39.7 Å². The molecule has 0 aliphatic carbocycles. The molecular formula is C16H18N2O4. The van der Waals surface area contributed by atoms with Crippen molar-refractivity contribution in [3.8, 4) is 0 Å². The normalized spacial score (nSPS) is 13.5. The van der Waals surface area contributed by atoms with Crippen molar-refractivity contribution in [1.29, 1.82) is 0 Å². The van der Waals surface area contributed by atoms with Crippen molar-refractivity contribution < 1.29 is 19.8 Å². The van der Waals surface area contributed by atoms with Gasteiger partial charge in [0.25, 0.3) is 0 Å². The zero-order chi connectivity index (χ0) is 16.3. The molecule has 116 valence electrons. The molecule has 2 aromatic rings. The largest absolute Gasteiger partial charge is 0.481 e. The van der Waals surface area contributed by atoms with Gasteiger partial charge in [0, 0.05) is 18.1 Å². The van der Waals surface area contributed by atoms with Gasteiger partial charge in [-0.25, -0.2) is 4.79 Å². The Hall–Kier alpha value is -2.63. The van der Waals surface area contributed by atoms with Gasteiger partial charge in [0.15, 0.2) is 0 Å². The zero-order valence-corrected chi connectivity index (χ0v) is 12.4. The van der Waals surface area contributed by atoms with Gasteiger partial charge >= 0.3 is 11.9 Å². The Balaban J connectivity index is 2.51. The summed E-state index contributed by atoms with van der Waals surface area (Å²) < 4.78 is 0. The van der Waals surface area contributed by atoms with Crippen LogP contribution in [0.4, 0.5) is 5.69 Å². The number of anilines is 1.